The molecule has 0 saturated carbocycles. The van der Waals surface area contributed by atoms with Gasteiger partial charge in [0.2, 0.25) is 6.41 Å². The molecule has 2 aromatic carbocycles. The molecule has 3 amide bonds. The summed E-state index contributed by atoms with van der Waals surface area (Å²) in [4.78, 5) is 49.4. The Balaban J connectivity index is 1.88. The van der Waals surface area contributed by atoms with E-state index < -0.39 is 17.8 Å². The number of fused-ring (bicyclic) bond motifs is 1. The van der Waals surface area contributed by atoms with Crippen LogP contribution in [0.3, 0.4) is 0 Å². The number of carbonyl (C=O) groups excluding carboxylic acids is 3. The smallest absolute Gasteiger partial charge is 0.339 e. The second-order valence-corrected chi connectivity index (χ2v) is 6.79. The number of aromatic carboxylic acids is 1. The number of nitrogens with zero attached hydrogens (tertiary/aromatic N) is 1. The SMILES string of the molecule is O=CNc1ccccc1-c1csc(N2C(=O)c3ccccc3C2=O)c1C(=O)O. The monoisotopic (exact) mass is 392 g/mol. The van der Waals surface area contributed by atoms with Crippen molar-refractivity contribution in [3.63, 3.8) is 0 Å². The van der Waals surface area contributed by atoms with Gasteiger partial charge in [0.15, 0.2) is 0 Å². The van der Waals surface area contributed by atoms with Crippen molar-refractivity contribution in [2.45, 2.75) is 0 Å². The first-order valence-electron chi connectivity index (χ1n) is 8.16. The van der Waals surface area contributed by atoms with E-state index in [4.69, 9.17) is 0 Å². The molecule has 0 bridgehead atoms. The molecule has 2 N–H and O–H groups in total. The first-order chi connectivity index (χ1) is 13.5. The Morgan fingerprint density at radius 3 is 2.07 bits per heavy atom. The summed E-state index contributed by atoms with van der Waals surface area (Å²) in [7, 11) is 0. The van der Waals surface area contributed by atoms with Gasteiger partial charge in [-0.15, -0.1) is 11.3 Å². The highest BCUT2D eigenvalue weighted by Gasteiger charge is 2.40. The lowest BCUT2D eigenvalue weighted by Crippen LogP contribution is -2.30. The maximum atomic E-state index is 12.8. The molecule has 1 aromatic heterocycles. The third-order valence-corrected chi connectivity index (χ3v) is 5.38. The van der Waals surface area contributed by atoms with Gasteiger partial charge < -0.3 is 10.4 Å². The minimum atomic E-state index is -1.27. The highest BCUT2D eigenvalue weighted by molar-refractivity contribution is 7.15. The van der Waals surface area contributed by atoms with Crippen molar-refractivity contribution in [3.8, 4) is 11.1 Å². The van der Waals surface area contributed by atoms with Crippen LogP contribution in [0.5, 0.6) is 0 Å². The van der Waals surface area contributed by atoms with E-state index in [-0.39, 0.29) is 21.7 Å². The Morgan fingerprint density at radius 1 is 0.929 bits per heavy atom. The van der Waals surface area contributed by atoms with Crippen molar-refractivity contribution in [3.05, 3.63) is 70.6 Å². The average Bonchev–Trinajstić information content (AvgIpc) is 3.23. The highest BCUT2D eigenvalue weighted by atomic mass is 32.1. The standard InChI is InChI=1S/C20H12N2O5S/c23-10-21-15-8-4-3-5-11(15)14-9-28-19(16(14)20(26)27)22-17(24)12-6-1-2-7-13(12)18(22)25/h1-10H,(H,21,23)(H,26,27). The molecule has 0 radical (unpaired) electrons. The third-order valence-electron chi connectivity index (χ3n) is 4.41. The zero-order chi connectivity index (χ0) is 19.8. The van der Waals surface area contributed by atoms with Crippen molar-refractivity contribution >= 4 is 46.2 Å². The van der Waals surface area contributed by atoms with Crippen molar-refractivity contribution < 1.29 is 24.3 Å². The van der Waals surface area contributed by atoms with E-state index in [0.717, 1.165) is 16.2 Å². The number of imide groups is 1. The number of rotatable bonds is 5. The molecule has 7 nitrogen and oxygen atoms in total. The van der Waals surface area contributed by atoms with Crippen LogP contribution in [0.2, 0.25) is 0 Å². The van der Waals surface area contributed by atoms with Crippen LogP contribution in [-0.2, 0) is 4.79 Å². The number of carbonyl (C=O) groups is 4. The van der Waals surface area contributed by atoms with Gasteiger partial charge in [0.05, 0.1) is 11.1 Å². The topological polar surface area (TPSA) is 104 Å². The van der Waals surface area contributed by atoms with Gasteiger partial charge in [-0.05, 0) is 18.2 Å². The Morgan fingerprint density at radius 2 is 1.50 bits per heavy atom. The predicted molar refractivity (Wildman–Crippen MR) is 104 cm³/mol. The highest BCUT2D eigenvalue weighted by Crippen LogP contribution is 2.42. The van der Waals surface area contributed by atoms with E-state index in [0.29, 0.717) is 23.2 Å². The summed E-state index contributed by atoms with van der Waals surface area (Å²) in [5.41, 5.74) is 1.52. The van der Waals surface area contributed by atoms with Crippen molar-refractivity contribution in [1.82, 2.24) is 0 Å². The maximum Gasteiger partial charge on any atom is 0.339 e. The number of hydrogen-bond donors (Lipinski definition) is 2. The van der Waals surface area contributed by atoms with Gasteiger partial charge in [-0.2, -0.15) is 0 Å². The molecular formula is C20H12N2O5S. The molecule has 1 aliphatic heterocycles. The quantitative estimate of drug-likeness (QED) is 0.511. The van der Waals surface area contributed by atoms with Gasteiger partial charge in [0, 0.05) is 22.2 Å². The molecule has 0 saturated heterocycles. The molecule has 2 heterocycles. The first kappa shape index (κ1) is 17.6. The summed E-state index contributed by atoms with van der Waals surface area (Å²) in [6, 6.07) is 13.1. The van der Waals surface area contributed by atoms with Crippen LogP contribution in [0.25, 0.3) is 11.1 Å². The molecule has 0 atom stereocenters. The molecule has 1 aliphatic rings. The second kappa shape index (κ2) is 6.75. The van der Waals surface area contributed by atoms with Crippen LogP contribution in [0.4, 0.5) is 10.7 Å². The minimum Gasteiger partial charge on any atom is -0.478 e. The van der Waals surface area contributed by atoms with Gasteiger partial charge in [0.25, 0.3) is 11.8 Å². The summed E-state index contributed by atoms with van der Waals surface area (Å²) >= 11 is 0.989. The van der Waals surface area contributed by atoms with E-state index in [1.165, 1.54) is 12.1 Å². The van der Waals surface area contributed by atoms with Crippen LogP contribution < -0.4 is 10.2 Å². The summed E-state index contributed by atoms with van der Waals surface area (Å²) in [6.45, 7) is 0. The fourth-order valence-corrected chi connectivity index (χ4v) is 4.26. The minimum absolute atomic E-state index is 0.0367. The summed E-state index contributed by atoms with van der Waals surface area (Å²) in [5.74, 6) is -2.39. The Kier molecular flexibility index (Phi) is 4.25. The molecule has 0 fully saturated rings. The lowest BCUT2D eigenvalue weighted by molar-refractivity contribution is -0.105. The lowest BCUT2D eigenvalue weighted by atomic mass is 10.0. The van der Waals surface area contributed by atoms with E-state index in [2.05, 4.69) is 5.32 Å². The molecule has 3 aromatic rings. The largest absolute Gasteiger partial charge is 0.478 e. The van der Waals surface area contributed by atoms with Crippen LogP contribution in [0, 0.1) is 0 Å². The number of amides is 3. The molecule has 0 aliphatic carbocycles. The molecule has 4 rings (SSSR count). The number of hydrogen-bond acceptors (Lipinski definition) is 5. The zero-order valence-corrected chi connectivity index (χ0v) is 15.0. The molecule has 8 heteroatoms. The van der Waals surface area contributed by atoms with Gasteiger partial charge in [0.1, 0.15) is 10.6 Å². The van der Waals surface area contributed by atoms with Gasteiger partial charge in [-0.1, -0.05) is 30.3 Å². The Labute approximate surface area is 162 Å². The molecule has 28 heavy (non-hydrogen) atoms. The van der Waals surface area contributed by atoms with E-state index in [1.54, 1.807) is 41.8 Å². The summed E-state index contributed by atoms with van der Waals surface area (Å²) in [5, 5.41) is 14.0. The van der Waals surface area contributed by atoms with Crippen LogP contribution in [0.1, 0.15) is 31.1 Å². The number of carboxylic acid groups (broad SMARTS) is 1. The van der Waals surface area contributed by atoms with E-state index >= 15 is 0 Å². The normalized spacial score (nSPS) is 12.8. The summed E-state index contributed by atoms with van der Waals surface area (Å²) in [6.07, 6.45) is 0.497. The molecular weight excluding hydrogens is 380 g/mol. The van der Waals surface area contributed by atoms with Gasteiger partial charge in [-0.25, -0.2) is 9.69 Å². The van der Waals surface area contributed by atoms with E-state index in [9.17, 15) is 24.3 Å². The fraction of sp³-hybridized carbons (Fsp3) is 0. The first-order valence-corrected chi connectivity index (χ1v) is 9.04. The zero-order valence-electron chi connectivity index (χ0n) is 14.2. The van der Waals surface area contributed by atoms with Crippen LogP contribution in [-0.4, -0.2) is 29.3 Å². The Bertz CT molecular complexity index is 1120. The predicted octanol–water partition coefficient (Wildman–Crippen LogP) is 3.48. The Hall–Kier alpha value is -3.78. The number of carboxylic acids is 1. The fourth-order valence-electron chi connectivity index (χ4n) is 3.20. The van der Waals surface area contributed by atoms with Crippen molar-refractivity contribution in [2.24, 2.45) is 0 Å². The van der Waals surface area contributed by atoms with Crippen molar-refractivity contribution in [2.75, 3.05) is 10.2 Å². The maximum absolute atomic E-state index is 12.8. The molecule has 138 valence electrons. The average molecular weight is 392 g/mol. The third kappa shape index (κ3) is 2.58. The number of para-hydroxylation sites is 1. The number of anilines is 2. The number of benzene rings is 2. The lowest BCUT2D eigenvalue weighted by Gasteiger charge is -2.14. The number of nitrogens with one attached hydrogen (secondary N) is 1. The number of thiophene rings is 1. The van der Waals surface area contributed by atoms with Gasteiger partial charge >= 0.3 is 5.97 Å². The summed E-state index contributed by atoms with van der Waals surface area (Å²) < 4.78 is 0. The van der Waals surface area contributed by atoms with Crippen LogP contribution >= 0.6 is 11.3 Å². The molecule has 0 unspecified atom stereocenters. The molecule has 0 spiro atoms. The van der Waals surface area contributed by atoms with Gasteiger partial charge in [-0.3, -0.25) is 14.4 Å². The van der Waals surface area contributed by atoms with Crippen LogP contribution in [0.15, 0.2) is 53.9 Å². The van der Waals surface area contributed by atoms with E-state index in [1.807, 2.05) is 0 Å². The van der Waals surface area contributed by atoms with Crippen molar-refractivity contribution in [1.29, 1.82) is 0 Å². The second-order valence-electron chi connectivity index (χ2n) is 5.93.